The summed E-state index contributed by atoms with van der Waals surface area (Å²) in [5, 5.41) is 12.4. The Morgan fingerprint density at radius 2 is 1.81 bits per heavy atom. The topological polar surface area (TPSA) is 84.2 Å². The molecule has 0 radical (unpaired) electrons. The number of rotatable bonds is 7. The number of fused-ring (bicyclic) bond motifs is 1. The fourth-order valence-corrected chi connectivity index (χ4v) is 4.20. The second kappa shape index (κ2) is 9.06. The third kappa shape index (κ3) is 4.46. The van der Waals surface area contributed by atoms with Crippen molar-refractivity contribution in [2.45, 2.75) is 17.4 Å². The molecule has 1 atom stereocenters. The SMILES string of the molecule is CSc1ccccc1C(=O)Nc1ccc2ncn(C(CC(=O)O)c3ccccc3)c2c1. The van der Waals surface area contributed by atoms with Crippen molar-refractivity contribution in [2.75, 3.05) is 11.6 Å². The van der Waals surface area contributed by atoms with Gasteiger partial charge in [0.2, 0.25) is 0 Å². The molecule has 0 bridgehead atoms. The standard InChI is InChI=1S/C24H21N3O3S/c1-31-22-10-6-5-9-18(22)24(30)26-17-11-12-19-21(13-17)27(15-25-19)20(14-23(28)29)16-7-3-2-4-8-16/h2-13,15,20H,14H2,1H3,(H,26,30)(H,28,29). The van der Waals surface area contributed by atoms with E-state index in [1.165, 1.54) is 11.8 Å². The molecule has 4 aromatic rings. The molecule has 31 heavy (non-hydrogen) atoms. The van der Waals surface area contributed by atoms with Crippen LogP contribution in [0, 0.1) is 0 Å². The van der Waals surface area contributed by atoms with Crippen LogP contribution in [0.1, 0.15) is 28.4 Å². The lowest BCUT2D eigenvalue weighted by Crippen LogP contribution is -2.15. The number of hydrogen-bond donors (Lipinski definition) is 2. The average Bonchev–Trinajstić information content (AvgIpc) is 3.21. The molecule has 1 unspecified atom stereocenters. The molecule has 1 aromatic heterocycles. The molecule has 0 aliphatic heterocycles. The molecule has 6 nitrogen and oxygen atoms in total. The Bertz CT molecular complexity index is 1240. The third-order valence-corrected chi connectivity index (χ3v) is 5.87. The first-order chi connectivity index (χ1) is 15.1. The van der Waals surface area contributed by atoms with E-state index < -0.39 is 12.0 Å². The summed E-state index contributed by atoms with van der Waals surface area (Å²) in [6.45, 7) is 0. The largest absolute Gasteiger partial charge is 0.481 e. The maximum atomic E-state index is 12.8. The van der Waals surface area contributed by atoms with E-state index in [9.17, 15) is 14.7 Å². The highest BCUT2D eigenvalue weighted by Gasteiger charge is 2.20. The van der Waals surface area contributed by atoms with Crippen LogP contribution in [0.2, 0.25) is 0 Å². The van der Waals surface area contributed by atoms with Gasteiger partial charge in [-0.2, -0.15) is 0 Å². The van der Waals surface area contributed by atoms with E-state index in [1.54, 1.807) is 18.5 Å². The predicted octanol–water partition coefficient (Wildman–Crippen LogP) is 5.07. The van der Waals surface area contributed by atoms with E-state index >= 15 is 0 Å². The van der Waals surface area contributed by atoms with Gasteiger partial charge in [0, 0.05) is 10.6 Å². The predicted molar refractivity (Wildman–Crippen MR) is 123 cm³/mol. The fourth-order valence-electron chi connectivity index (χ4n) is 3.60. The summed E-state index contributed by atoms with van der Waals surface area (Å²) in [4.78, 5) is 29.7. The molecule has 0 aliphatic carbocycles. The summed E-state index contributed by atoms with van der Waals surface area (Å²) < 4.78 is 1.85. The van der Waals surface area contributed by atoms with E-state index in [4.69, 9.17) is 0 Å². The van der Waals surface area contributed by atoms with Gasteiger partial charge < -0.3 is 15.0 Å². The lowest BCUT2D eigenvalue weighted by molar-refractivity contribution is -0.137. The molecule has 4 rings (SSSR count). The van der Waals surface area contributed by atoms with Crippen molar-refractivity contribution in [3.63, 3.8) is 0 Å². The van der Waals surface area contributed by atoms with Crippen LogP contribution in [-0.2, 0) is 4.79 Å². The first-order valence-corrected chi connectivity index (χ1v) is 11.0. The molecule has 0 saturated carbocycles. The molecule has 0 fully saturated rings. The number of imidazole rings is 1. The van der Waals surface area contributed by atoms with E-state index in [1.807, 2.05) is 71.5 Å². The van der Waals surface area contributed by atoms with Crippen molar-refractivity contribution >= 4 is 40.4 Å². The molecule has 3 aromatic carbocycles. The van der Waals surface area contributed by atoms with Crippen LogP contribution in [0.25, 0.3) is 11.0 Å². The second-order valence-electron chi connectivity index (χ2n) is 7.03. The number of hydrogen-bond acceptors (Lipinski definition) is 4. The van der Waals surface area contributed by atoms with Crippen molar-refractivity contribution in [1.29, 1.82) is 0 Å². The number of carboxylic acids is 1. The number of carbonyl (C=O) groups is 2. The molecule has 156 valence electrons. The summed E-state index contributed by atoms with van der Waals surface area (Å²) >= 11 is 1.52. The fraction of sp³-hybridized carbons (Fsp3) is 0.125. The van der Waals surface area contributed by atoms with Crippen LogP contribution < -0.4 is 5.32 Å². The maximum Gasteiger partial charge on any atom is 0.305 e. The van der Waals surface area contributed by atoms with Crippen molar-refractivity contribution in [1.82, 2.24) is 9.55 Å². The van der Waals surface area contributed by atoms with Crippen molar-refractivity contribution in [3.8, 4) is 0 Å². The van der Waals surface area contributed by atoms with E-state index in [-0.39, 0.29) is 12.3 Å². The van der Waals surface area contributed by atoms with Gasteiger partial charge in [-0.25, -0.2) is 4.98 Å². The van der Waals surface area contributed by atoms with Crippen molar-refractivity contribution < 1.29 is 14.7 Å². The van der Waals surface area contributed by atoms with Crippen LogP contribution in [0.15, 0.2) is 84.0 Å². The summed E-state index contributed by atoms with van der Waals surface area (Å²) in [5.74, 6) is -1.09. The molecule has 1 heterocycles. The normalized spacial score (nSPS) is 11.9. The first-order valence-electron chi connectivity index (χ1n) is 9.74. The highest BCUT2D eigenvalue weighted by Crippen LogP contribution is 2.29. The molecule has 0 aliphatic rings. The molecule has 2 N–H and O–H groups in total. The molecule has 0 spiro atoms. The number of aromatic nitrogens is 2. The number of aliphatic carboxylic acids is 1. The second-order valence-corrected chi connectivity index (χ2v) is 7.88. The van der Waals surface area contributed by atoms with Gasteiger partial charge in [0.15, 0.2) is 0 Å². The minimum absolute atomic E-state index is 0.0762. The first kappa shape index (κ1) is 20.7. The minimum Gasteiger partial charge on any atom is -0.481 e. The Hall–Kier alpha value is -3.58. The molecular formula is C24H21N3O3S. The third-order valence-electron chi connectivity index (χ3n) is 5.07. The van der Waals surface area contributed by atoms with Gasteiger partial charge in [0.05, 0.1) is 35.4 Å². The summed E-state index contributed by atoms with van der Waals surface area (Å²) in [7, 11) is 0. The van der Waals surface area contributed by atoms with Crippen LogP contribution in [0.4, 0.5) is 5.69 Å². The summed E-state index contributed by atoms with van der Waals surface area (Å²) in [5.41, 5.74) is 3.60. The Kier molecular flexibility index (Phi) is 6.04. The molecular weight excluding hydrogens is 410 g/mol. The van der Waals surface area contributed by atoms with Gasteiger partial charge in [0.1, 0.15) is 0 Å². The maximum absolute atomic E-state index is 12.8. The minimum atomic E-state index is -0.895. The van der Waals surface area contributed by atoms with Crippen LogP contribution in [-0.4, -0.2) is 32.8 Å². The van der Waals surface area contributed by atoms with E-state index in [0.717, 1.165) is 21.5 Å². The van der Waals surface area contributed by atoms with Crippen molar-refractivity contribution in [3.05, 3.63) is 90.3 Å². The Morgan fingerprint density at radius 3 is 2.55 bits per heavy atom. The lowest BCUT2D eigenvalue weighted by atomic mass is 10.0. The highest BCUT2D eigenvalue weighted by atomic mass is 32.2. The summed E-state index contributed by atoms with van der Waals surface area (Å²) in [6.07, 6.45) is 3.51. The number of nitrogens with zero attached hydrogens (tertiary/aromatic N) is 2. The molecule has 1 amide bonds. The number of amides is 1. The zero-order valence-corrected chi connectivity index (χ0v) is 17.7. The van der Waals surface area contributed by atoms with Gasteiger partial charge >= 0.3 is 5.97 Å². The van der Waals surface area contributed by atoms with Crippen LogP contribution in [0.5, 0.6) is 0 Å². The molecule has 7 heteroatoms. The van der Waals surface area contributed by atoms with Gasteiger partial charge in [-0.1, -0.05) is 42.5 Å². The highest BCUT2D eigenvalue weighted by molar-refractivity contribution is 7.98. The zero-order chi connectivity index (χ0) is 21.8. The average molecular weight is 432 g/mol. The lowest BCUT2D eigenvalue weighted by Gasteiger charge is -2.18. The quantitative estimate of drug-likeness (QED) is 0.399. The Morgan fingerprint density at radius 1 is 1.06 bits per heavy atom. The van der Waals surface area contributed by atoms with Gasteiger partial charge in [-0.05, 0) is 42.2 Å². The van der Waals surface area contributed by atoms with Crippen LogP contribution in [0.3, 0.4) is 0 Å². The number of thioether (sulfide) groups is 1. The Balaban J connectivity index is 1.70. The van der Waals surface area contributed by atoms with Crippen LogP contribution >= 0.6 is 11.8 Å². The number of benzene rings is 3. The van der Waals surface area contributed by atoms with E-state index in [2.05, 4.69) is 10.3 Å². The summed E-state index contributed by atoms with van der Waals surface area (Å²) in [6, 6.07) is 22.0. The number of anilines is 1. The number of carboxylic acid groups (broad SMARTS) is 1. The monoisotopic (exact) mass is 431 g/mol. The van der Waals surface area contributed by atoms with Gasteiger partial charge in [-0.3, -0.25) is 9.59 Å². The number of carbonyl (C=O) groups excluding carboxylic acids is 1. The number of nitrogens with one attached hydrogen (secondary N) is 1. The van der Waals surface area contributed by atoms with E-state index in [0.29, 0.717) is 11.3 Å². The molecule has 0 saturated heterocycles. The van der Waals surface area contributed by atoms with Gasteiger partial charge in [0.25, 0.3) is 5.91 Å². The van der Waals surface area contributed by atoms with Gasteiger partial charge in [-0.15, -0.1) is 11.8 Å². The zero-order valence-electron chi connectivity index (χ0n) is 16.9. The smallest absolute Gasteiger partial charge is 0.305 e. The van der Waals surface area contributed by atoms with Crippen molar-refractivity contribution in [2.24, 2.45) is 0 Å². The Labute approximate surface area is 183 Å².